The molecule has 2 atom stereocenters. The molecule has 0 saturated heterocycles. The molecular formula is C47H58ClN11O13S. The summed E-state index contributed by atoms with van der Waals surface area (Å²) in [6, 6.07) is 18.9. The minimum Gasteiger partial charge on any atom is -0.491 e. The van der Waals surface area contributed by atoms with Gasteiger partial charge in [-0.15, -0.1) is 0 Å². The van der Waals surface area contributed by atoms with Gasteiger partial charge in [0.05, 0.1) is 54.1 Å². The molecule has 0 aliphatic carbocycles. The lowest BCUT2D eigenvalue weighted by atomic mass is 10.1. The molecule has 392 valence electrons. The van der Waals surface area contributed by atoms with Gasteiger partial charge in [0.1, 0.15) is 35.2 Å². The first kappa shape index (κ1) is 57.9. The molecule has 0 aliphatic rings. The number of anilines is 4. The summed E-state index contributed by atoms with van der Waals surface area (Å²) in [5, 5.41) is 50.0. The van der Waals surface area contributed by atoms with Gasteiger partial charge in [0.2, 0.25) is 16.0 Å². The molecule has 13 N–H and O–H groups in total. The maximum Gasteiger partial charge on any atom is 0.337 e. The second-order valence-electron chi connectivity index (χ2n) is 16.2. The van der Waals surface area contributed by atoms with E-state index in [2.05, 4.69) is 35.9 Å². The van der Waals surface area contributed by atoms with Crippen molar-refractivity contribution in [1.82, 2.24) is 30.6 Å². The molecule has 26 heteroatoms. The largest absolute Gasteiger partial charge is 0.491 e. The van der Waals surface area contributed by atoms with Gasteiger partial charge in [0.25, 0.3) is 5.91 Å². The molecule has 0 aliphatic heterocycles. The Labute approximate surface area is 425 Å². The van der Waals surface area contributed by atoms with Crippen LogP contribution in [0.2, 0.25) is 5.02 Å². The number of aromatic nitrogens is 4. The number of hydrogen-bond acceptors (Lipinski definition) is 19. The van der Waals surface area contributed by atoms with Crippen LogP contribution in [0.15, 0.2) is 94.6 Å². The molecule has 24 nitrogen and oxygen atoms in total. The molecule has 6 aromatic rings. The van der Waals surface area contributed by atoms with E-state index >= 15 is 0 Å². The number of benzene rings is 3. The standard InChI is InChI=1S/C20H22N8O5.C15H25NO3.C12H11ClN2O5S/c1-28(9-11-8-23-17-15(24-11)16(21)26-20(22)27-17)12-4-2-10(3-5-12)18(31)25-13(19(32)33)6-7-14(29)30;1-12(2)16-10-14(17)11-19-15-6-4-13(5-7-15)8-9-18-3;13-9-5-10(15-6-7-2-1-3-20-7)8(12(16)17)4-11(9)21(14,18)19/h2-5,8,13H,6-7,9H2,1H3,(H,25,31)(H,29,30)(H,32,33)(H4,21,22,23,26,27);4-7,12,14,16-17H,8-11H2,1-3H3;1-5,15H,6H2,(H,16,17)(H2,14,18,19)/t13-;;/m0../s1. The minimum absolute atomic E-state index is 0.0138. The molecule has 0 saturated carbocycles. The van der Waals surface area contributed by atoms with Crippen LogP contribution in [0.5, 0.6) is 5.75 Å². The Balaban J connectivity index is 0.000000251. The van der Waals surface area contributed by atoms with Gasteiger partial charge >= 0.3 is 17.9 Å². The zero-order valence-corrected chi connectivity index (χ0v) is 41.8. The number of nitrogen functional groups attached to an aromatic ring is 2. The molecule has 0 fully saturated rings. The molecule has 1 unspecified atom stereocenters. The Kier molecular flexibility index (Phi) is 22.0. The number of carbonyl (C=O) groups excluding carboxylic acids is 1. The number of halogens is 1. The number of hydrogen-bond donors (Lipinski definition) is 10. The van der Waals surface area contributed by atoms with Gasteiger partial charge in [0, 0.05) is 44.4 Å². The number of nitrogens with two attached hydrogens (primary N) is 3. The van der Waals surface area contributed by atoms with Gasteiger partial charge in [-0.3, -0.25) is 9.59 Å². The fraction of sp³-hybridized carbons (Fsp3) is 0.319. The third-order valence-corrected chi connectivity index (χ3v) is 11.5. The first-order valence-corrected chi connectivity index (χ1v) is 24.1. The highest BCUT2D eigenvalue weighted by Gasteiger charge is 2.23. The number of primary sulfonamides is 1. The van der Waals surface area contributed by atoms with Crippen molar-refractivity contribution in [3.8, 4) is 5.75 Å². The Morgan fingerprint density at radius 2 is 1.66 bits per heavy atom. The molecule has 3 heterocycles. The molecule has 3 aromatic carbocycles. The van der Waals surface area contributed by atoms with E-state index in [4.69, 9.17) is 52.3 Å². The zero-order chi connectivity index (χ0) is 53.8. The number of rotatable bonds is 23. The highest BCUT2D eigenvalue weighted by molar-refractivity contribution is 7.89. The number of carboxylic acids is 3. The maximum absolute atomic E-state index is 12.4. The number of nitrogens with zero attached hydrogens (tertiary/aromatic N) is 5. The smallest absolute Gasteiger partial charge is 0.337 e. The van der Waals surface area contributed by atoms with Crippen molar-refractivity contribution in [2.45, 2.75) is 69.3 Å². The summed E-state index contributed by atoms with van der Waals surface area (Å²) in [5.74, 6) is -2.85. The van der Waals surface area contributed by atoms with Crippen molar-refractivity contribution in [3.63, 3.8) is 0 Å². The summed E-state index contributed by atoms with van der Waals surface area (Å²) in [4.78, 5) is 63.5. The Bertz CT molecular complexity index is 2900. The zero-order valence-electron chi connectivity index (χ0n) is 40.2. The molecule has 6 rings (SSSR count). The van der Waals surface area contributed by atoms with Crippen LogP contribution in [0.25, 0.3) is 11.2 Å². The second-order valence-corrected chi connectivity index (χ2v) is 18.2. The van der Waals surface area contributed by atoms with Crippen LogP contribution < -0.4 is 42.2 Å². The molecule has 0 bridgehead atoms. The Morgan fingerprint density at radius 3 is 2.25 bits per heavy atom. The first-order chi connectivity index (χ1) is 34.5. The summed E-state index contributed by atoms with van der Waals surface area (Å²) in [6.45, 7) is 6.26. The predicted molar refractivity (Wildman–Crippen MR) is 271 cm³/mol. The lowest BCUT2D eigenvalue weighted by Crippen LogP contribution is -2.41. The number of aliphatic hydroxyl groups is 1. The SMILES string of the molecule is CN(Cc1cnc2nc(N)nc(N)c2n1)c1ccc(C(=O)N[C@@H](CCC(=O)O)C(=O)O)cc1.COCCc1ccc(OCC(O)CNC(C)C)cc1.NS(=O)(=O)c1cc(C(=O)O)c(NCc2ccco2)cc1Cl. The number of carboxylic acid groups (broad SMARTS) is 3. The van der Waals surface area contributed by atoms with Crippen molar-refractivity contribution in [2.75, 3.05) is 55.6 Å². The Hall–Kier alpha value is -7.68. The average Bonchev–Trinajstić information content (AvgIpc) is 3.87. The fourth-order valence-corrected chi connectivity index (χ4v) is 7.41. The van der Waals surface area contributed by atoms with E-state index in [0.717, 1.165) is 30.5 Å². The van der Waals surface area contributed by atoms with E-state index in [0.29, 0.717) is 48.4 Å². The van der Waals surface area contributed by atoms with Crippen molar-refractivity contribution in [1.29, 1.82) is 0 Å². The quantitative estimate of drug-likeness (QED) is 0.0436. The maximum atomic E-state index is 12.4. The number of fused-ring (bicyclic) bond motifs is 1. The number of nitrogens with one attached hydrogen (secondary N) is 3. The summed E-state index contributed by atoms with van der Waals surface area (Å²) in [7, 11) is -0.592. The number of aromatic carboxylic acids is 1. The van der Waals surface area contributed by atoms with Crippen molar-refractivity contribution < 1.29 is 61.9 Å². The van der Waals surface area contributed by atoms with Crippen LogP contribution in [-0.4, -0.2) is 125 Å². The van der Waals surface area contributed by atoms with E-state index < -0.39 is 50.9 Å². The summed E-state index contributed by atoms with van der Waals surface area (Å²) in [5.41, 5.74) is 14.8. The number of amides is 1. The topological polar surface area (TPSA) is 384 Å². The number of furan rings is 1. The number of sulfonamides is 1. The molecule has 0 spiro atoms. The third-order valence-electron chi connectivity index (χ3n) is 10.1. The van der Waals surface area contributed by atoms with Crippen LogP contribution in [0.3, 0.4) is 0 Å². The van der Waals surface area contributed by atoms with Gasteiger partial charge in [-0.05, 0) is 79.1 Å². The molecule has 1 amide bonds. The van der Waals surface area contributed by atoms with Crippen LogP contribution in [-0.2, 0) is 43.9 Å². The van der Waals surface area contributed by atoms with E-state index in [1.165, 1.54) is 30.0 Å². The number of ether oxygens (including phenoxy) is 2. The summed E-state index contributed by atoms with van der Waals surface area (Å²) >= 11 is 5.84. The van der Waals surface area contributed by atoms with E-state index in [-0.39, 0.29) is 53.0 Å². The van der Waals surface area contributed by atoms with Gasteiger partial charge in [-0.25, -0.2) is 33.1 Å². The first-order valence-electron chi connectivity index (χ1n) is 22.1. The van der Waals surface area contributed by atoms with Gasteiger partial charge in [-0.1, -0.05) is 37.6 Å². The average molecular weight is 1050 g/mol. The highest BCUT2D eigenvalue weighted by Crippen LogP contribution is 2.29. The van der Waals surface area contributed by atoms with E-state index in [1.54, 1.807) is 37.6 Å². The van der Waals surface area contributed by atoms with Crippen molar-refractivity contribution in [3.05, 3.63) is 118 Å². The molecule has 73 heavy (non-hydrogen) atoms. The summed E-state index contributed by atoms with van der Waals surface area (Å²) < 4.78 is 38.4. The fourth-order valence-electron chi connectivity index (χ4n) is 6.31. The Morgan fingerprint density at radius 1 is 0.959 bits per heavy atom. The second kappa shape index (κ2) is 27.8. The van der Waals surface area contributed by atoms with Crippen LogP contribution in [0.4, 0.5) is 23.1 Å². The molecule has 3 aromatic heterocycles. The van der Waals surface area contributed by atoms with Crippen LogP contribution in [0.1, 0.15) is 64.4 Å². The van der Waals surface area contributed by atoms with Gasteiger partial charge in [-0.2, -0.15) is 9.97 Å². The number of aliphatic carboxylic acids is 2. The minimum atomic E-state index is -4.11. The third kappa shape index (κ3) is 19.1. The predicted octanol–water partition coefficient (Wildman–Crippen LogP) is 3.77. The van der Waals surface area contributed by atoms with Gasteiger partial charge in [0.15, 0.2) is 17.0 Å². The van der Waals surface area contributed by atoms with Gasteiger partial charge < -0.3 is 66.6 Å². The summed E-state index contributed by atoms with van der Waals surface area (Å²) in [6.07, 6.45) is 2.85. The monoisotopic (exact) mass is 1050 g/mol. The van der Waals surface area contributed by atoms with Crippen molar-refractivity contribution in [2.24, 2.45) is 5.14 Å². The van der Waals surface area contributed by atoms with E-state index in [9.17, 15) is 37.8 Å². The van der Waals surface area contributed by atoms with Crippen LogP contribution in [0, 0.1) is 0 Å². The number of carbonyl (C=O) groups is 4. The molecule has 0 radical (unpaired) electrons. The highest BCUT2D eigenvalue weighted by atomic mass is 35.5. The number of methoxy groups -OCH3 is 1. The lowest BCUT2D eigenvalue weighted by Gasteiger charge is -2.19. The normalized spacial score (nSPS) is 11.8. The molecular weight excluding hydrogens is 994 g/mol. The lowest BCUT2D eigenvalue weighted by molar-refractivity contribution is -0.140. The van der Waals surface area contributed by atoms with E-state index in [1.807, 2.05) is 50.1 Å². The van der Waals surface area contributed by atoms with Crippen LogP contribution >= 0.6 is 11.6 Å². The number of aliphatic hydroxyl groups excluding tert-OH is 1. The van der Waals surface area contributed by atoms with Crippen molar-refractivity contribution >= 4 is 79.7 Å².